The van der Waals surface area contributed by atoms with Gasteiger partial charge in [0.15, 0.2) is 0 Å². The largest absolute Gasteiger partial charge is 0.478 e. The molecule has 0 spiro atoms. The molecular weight excluding hydrogens is 512 g/mol. The van der Waals surface area contributed by atoms with E-state index in [1.165, 1.54) is 18.2 Å². The summed E-state index contributed by atoms with van der Waals surface area (Å²) < 4.78 is 37.9. The van der Waals surface area contributed by atoms with Crippen LogP contribution in [-0.4, -0.2) is 38.4 Å². The summed E-state index contributed by atoms with van der Waals surface area (Å²) in [5.41, 5.74) is 1.12. The number of rotatable bonds is 12. The highest BCUT2D eigenvalue weighted by atomic mass is 32.1. The van der Waals surface area contributed by atoms with E-state index in [1.807, 2.05) is 20.8 Å². The summed E-state index contributed by atoms with van der Waals surface area (Å²) in [5, 5.41) is 11.9. The molecule has 38 heavy (non-hydrogen) atoms. The Hall–Kier alpha value is -3.40. The minimum absolute atomic E-state index is 0.0273. The zero-order chi connectivity index (χ0) is 28.0. The third-order valence-electron chi connectivity index (χ3n) is 6.07. The maximum Gasteiger partial charge on any atom is 0.336 e. The molecular formula is C28H33F2N3O4S. The Morgan fingerprint density at radius 2 is 1.84 bits per heavy atom. The number of carbonyl (C=O) groups excluding carboxylic acids is 1. The van der Waals surface area contributed by atoms with Crippen molar-refractivity contribution >= 4 is 24.5 Å². The zero-order valence-corrected chi connectivity index (χ0v) is 22.8. The molecule has 0 fully saturated rings. The molecule has 10 heteroatoms. The fraction of sp³-hybridized carbons (Fsp3) is 0.393. The van der Waals surface area contributed by atoms with Crippen molar-refractivity contribution in [3.05, 3.63) is 70.5 Å². The zero-order valence-electron chi connectivity index (χ0n) is 21.9. The maximum absolute atomic E-state index is 15.3. The molecule has 2 N–H and O–H groups in total. The van der Waals surface area contributed by atoms with Gasteiger partial charge in [-0.1, -0.05) is 39.0 Å². The summed E-state index contributed by atoms with van der Waals surface area (Å²) in [5.74, 6) is -2.63. The van der Waals surface area contributed by atoms with Crippen LogP contribution in [0.4, 0.5) is 8.78 Å². The van der Waals surface area contributed by atoms with Gasteiger partial charge in [-0.3, -0.25) is 9.36 Å². The van der Waals surface area contributed by atoms with Gasteiger partial charge < -0.3 is 15.2 Å². The van der Waals surface area contributed by atoms with Gasteiger partial charge in [0.1, 0.15) is 11.6 Å². The van der Waals surface area contributed by atoms with Crippen LogP contribution < -0.4 is 10.1 Å². The molecule has 1 unspecified atom stereocenters. The first-order chi connectivity index (χ1) is 18.1. The van der Waals surface area contributed by atoms with Gasteiger partial charge in [-0.25, -0.2) is 13.6 Å². The molecule has 0 saturated carbocycles. The SMILES string of the molecule is CCOc1nc(CC)c(CNC(=O)C(S)CC(C)C)n1Cc1cc(F)c(-c2ccccc2C(=O)O)cc1F. The average Bonchev–Trinajstić information content (AvgIpc) is 3.20. The lowest BCUT2D eigenvalue weighted by Gasteiger charge is -2.17. The fourth-order valence-electron chi connectivity index (χ4n) is 4.23. The van der Waals surface area contributed by atoms with Crippen LogP contribution in [0.2, 0.25) is 0 Å². The summed E-state index contributed by atoms with van der Waals surface area (Å²) >= 11 is 4.40. The number of hydrogen-bond donors (Lipinski definition) is 3. The van der Waals surface area contributed by atoms with Gasteiger partial charge >= 0.3 is 5.97 Å². The van der Waals surface area contributed by atoms with Crippen molar-refractivity contribution in [1.29, 1.82) is 0 Å². The third kappa shape index (κ3) is 6.72. The van der Waals surface area contributed by atoms with Crippen molar-refractivity contribution in [1.82, 2.24) is 14.9 Å². The second-order valence-corrected chi connectivity index (χ2v) is 9.92. The highest BCUT2D eigenvalue weighted by molar-refractivity contribution is 7.81. The standard InChI is InChI=1S/C28H33F2N3O4S/c1-5-23-24(14-31-26(34)25(38)11-16(3)4)33(28(32-23)37-6-2)15-17-12-22(30)20(13-21(17)29)18-9-7-8-10-19(18)27(35)36/h7-10,12-13,16,25,38H,5-6,11,14-15H2,1-4H3,(H,31,34)(H,35,36). The lowest BCUT2D eigenvalue weighted by Crippen LogP contribution is -2.32. The van der Waals surface area contributed by atoms with Crippen LogP contribution in [0.3, 0.4) is 0 Å². The minimum atomic E-state index is -1.24. The Morgan fingerprint density at radius 1 is 1.13 bits per heavy atom. The number of amides is 1. The molecule has 0 saturated heterocycles. The second-order valence-electron chi connectivity index (χ2n) is 9.30. The molecule has 3 rings (SSSR count). The molecule has 3 aromatic rings. The number of aromatic carboxylic acids is 1. The van der Waals surface area contributed by atoms with E-state index in [0.29, 0.717) is 36.8 Å². The molecule has 204 valence electrons. The molecule has 0 aliphatic heterocycles. The van der Waals surface area contributed by atoms with Gasteiger partial charge in [0.05, 0.1) is 41.9 Å². The van der Waals surface area contributed by atoms with Crippen LogP contribution >= 0.6 is 12.6 Å². The number of aryl methyl sites for hydroxylation is 1. The Labute approximate surface area is 226 Å². The molecule has 7 nitrogen and oxygen atoms in total. The van der Waals surface area contributed by atoms with Gasteiger partial charge in [0.25, 0.3) is 6.01 Å². The van der Waals surface area contributed by atoms with Gasteiger partial charge in [-0.2, -0.15) is 17.6 Å². The molecule has 0 bridgehead atoms. The summed E-state index contributed by atoms with van der Waals surface area (Å²) in [4.78, 5) is 28.7. The smallest absolute Gasteiger partial charge is 0.336 e. The number of imidazole rings is 1. The molecule has 0 aliphatic rings. The highest BCUT2D eigenvalue weighted by Crippen LogP contribution is 2.30. The van der Waals surface area contributed by atoms with Crippen LogP contribution in [0.1, 0.15) is 61.4 Å². The maximum atomic E-state index is 15.3. The van der Waals surface area contributed by atoms with Crippen LogP contribution in [0, 0.1) is 17.6 Å². The Morgan fingerprint density at radius 3 is 2.47 bits per heavy atom. The van der Waals surface area contributed by atoms with E-state index in [4.69, 9.17) is 4.74 Å². The molecule has 1 amide bonds. The lowest BCUT2D eigenvalue weighted by atomic mass is 9.97. The number of carboxylic acids is 1. The normalized spacial score (nSPS) is 12.0. The fourth-order valence-corrected chi connectivity index (χ4v) is 4.74. The molecule has 0 aliphatic carbocycles. The van der Waals surface area contributed by atoms with Crippen LogP contribution in [0.15, 0.2) is 36.4 Å². The van der Waals surface area contributed by atoms with Crippen molar-refractivity contribution < 1.29 is 28.2 Å². The van der Waals surface area contributed by atoms with Crippen LogP contribution in [0.25, 0.3) is 11.1 Å². The van der Waals surface area contributed by atoms with E-state index in [9.17, 15) is 14.7 Å². The average molecular weight is 546 g/mol. The second kappa shape index (κ2) is 12.9. The number of carboxylic acid groups (broad SMARTS) is 1. The van der Waals surface area contributed by atoms with Crippen molar-refractivity contribution in [2.24, 2.45) is 5.92 Å². The van der Waals surface area contributed by atoms with E-state index in [-0.39, 0.29) is 47.3 Å². The minimum Gasteiger partial charge on any atom is -0.478 e. The lowest BCUT2D eigenvalue weighted by molar-refractivity contribution is -0.121. The van der Waals surface area contributed by atoms with Crippen molar-refractivity contribution in [2.75, 3.05) is 6.61 Å². The number of carbonyl (C=O) groups is 2. The number of thiol groups is 1. The predicted octanol–water partition coefficient (Wildman–Crippen LogP) is 5.50. The van der Waals surface area contributed by atoms with Gasteiger partial charge in [-0.05, 0) is 49.4 Å². The van der Waals surface area contributed by atoms with Crippen molar-refractivity contribution in [3.8, 4) is 17.1 Å². The van der Waals surface area contributed by atoms with Crippen molar-refractivity contribution in [2.45, 2.75) is 58.9 Å². The molecule has 0 radical (unpaired) electrons. The third-order valence-corrected chi connectivity index (χ3v) is 6.51. The first-order valence-electron chi connectivity index (χ1n) is 12.5. The monoisotopic (exact) mass is 545 g/mol. The summed E-state index contributed by atoms with van der Waals surface area (Å²) in [6.07, 6.45) is 1.15. The van der Waals surface area contributed by atoms with E-state index in [2.05, 4.69) is 22.9 Å². The number of halogens is 2. The predicted molar refractivity (Wildman–Crippen MR) is 145 cm³/mol. The van der Waals surface area contributed by atoms with Gasteiger partial charge in [0, 0.05) is 11.1 Å². The number of nitrogens with one attached hydrogen (secondary N) is 1. The topological polar surface area (TPSA) is 93.5 Å². The van der Waals surface area contributed by atoms with Gasteiger partial charge in [0.2, 0.25) is 5.91 Å². The molecule has 1 atom stereocenters. The number of ether oxygens (including phenoxy) is 1. The molecule has 1 aromatic heterocycles. The Balaban J connectivity index is 1.98. The first kappa shape index (κ1) is 29.2. The number of benzene rings is 2. The molecule has 1 heterocycles. The number of hydrogen-bond acceptors (Lipinski definition) is 5. The summed E-state index contributed by atoms with van der Waals surface area (Å²) in [6, 6.07) is 8.16. The van der Waals surface area contributed by atoms with Crippen LogP contribution in [-0.2, 0) is 24.3 Å². The van der Waals surface area contributed by atoms with E-state index >= 15 is 8.78 Å². The first-order valence-corrected chi connectivity index (χ1v) is 13.1. The Bertz CT molecular complexity index is 1310. The quantitative estimate of drug-likeness (QED) is 0.262. The van der Waals surface area contributed by atoms with E-state index in [1.54, 1.807) is 17.6 Å². The summed E-state index contributed by atoms with van der Waals surface area (Å²) in [6.45, 7) is 8.03. The van der Waals surface area contributed by atoms with Crippen LogP contribution in [0.5, 0.6) is 6.01 Å². The highest BCUT2D eigenvalue weighted by Gasteiger charge is 2.23. The van der Waals surface area contributed by atoms with Crippen molar-refractivity contribution in [3.63, 3.8) is 0 Å². The number of nitrogens with zero attached hydrogens (tertiary/aromatic N) is 2. The number of aromatic nitrogens is 2. The van der Waals surface area contributed by atoms with Gasteiger partial charge in [-0.15, -0.1) is 0 Å². The summed E-state index contributed by atoms with van der Waals surface area (Å²) in [7, 11) is 0. The Kier molecular flexibility index (Phi) is 9.90. The molecule has 2 aromatic carbocycles. The van der Waals surface area contributed by atoms with E-state index in [0.717, 1.165) is 12.1 Å². The van der Waals surface area contributed by atoms with E-state index < -0.39 is 22.9 Å².